The van der Waals surface area contributed by atoms with Gasteiger partial charge < -0.3 is 14.4 Å². The highest BCUT2D eigenvalue weighted by molar-refractivity contribution is 7.18. The normalized spacial score (nSPS) is 11.6. The number of fused-ring (bicyclic) bond motifs is 1. The van der Waals surface area contributed by atoms with Gasteiger partial charge in [0.15, 0.2) is 0 Å². The first-order valence-electron chi connectivity index (χ1n) is 7.66. The smallest absolute Gasteiger partial charge is 0.410 e. The maximum absolute atomic E-state index is 12.2. The first kappa shape index (κ1) is 17.5. The number of aryl methyl sites for hydroxylation is 1. The Morgan fingerprint density at radius 1 is 1.35 bits per heavy atom. The van der Waals surface area contributed by atoms with Crippen LogP contribution in [0.3, 0.4) is 0 Å². The van der Waals surface area contributed by atoms with Crippen molar-refractivity contribution in [2.24, 2.45) is 0 Å². The van der Waals surface area contributed by atoms with E-state index in [1.807, 2.05) is 46.8 Å². The van der Waals surface area contributed by atoms with Crippen molar-refractivity contribution in [2.75, 3.05) is 13.7 Å². The van der Waals surface area contributed by atoms with Crippen LogP contribution in [0.4, 0.5) is 4.79 Å². The average Bonchev–Trinajstić information content (AvgIpc) is 2.76. The molecule has 0 unspecified atom stereocenters. The zero-order valence-corrected chi connectivity index (χ0v) is 15.4. The Balaban J connectivity index is 2.26. The second-order valence-corrected chi connectivity index (χ2v) is 7.66. The molecule has 0 spiro atoms. The summed E-state index contributed by atoms with van der Waals surface area (Å²) >= 11 is 1.64. The number of thiazole rings is 1. The van der Waals surface area contributed by atoms with Gasteiger partial charge in [-0.15, -0.1) is 11.3 Å². The van der Waals surface area contributed by atoms with E-state index in [1.54, 1.807) is 23.3 Å². The zero-order valence-electron chi connectivity index (χ0n) is 14.6. The highest BCUT2D eigenvalue weighted by Gasteiger charge is 2.21. The Hall–Kier alpha value is -1.82. The number of nitrogens with zero attached hydrogens (tertiary/aromatic N) is 2. The molecule has 126 valence electrons. The van der Waals surface area contributed by atoms with Crippen LogP contribution >= 0.6 is 11.3 Å². The van der Waals surface area contributed by atoms with Gasteiger partial charge in [0.1, 0.15) is 11.4 Å². The number of rotatable bonds is 4. The fourth-order valence-corrected chi connectivity index (χ4v) is 3.06. The number of carbonyl (C=O) groups excluding carboxylic acids is 1. The molecule has 0 atom stereocenters. The SMILES string of the molecule is CCOc1cc2nc(C)sc2cc1CN(C)C(=O)OC(C)(C)C. The summed E-state index contributed by atoms with van der Waals surface area (Å²) in [5.41, 5.74) is 1.38. The van der Waals surface area contributed by atoms with Crippen LogP contribution in [0.5, 0.6) is 5.75 Å². The molecule has 5 nitrogen and oxygen atoms in total. The van der Waals surface area contributed by atoms with Gasteiger partial charge in [0, 0.05) is 18.7 Å². The van der Waals surface area contributed by atoms with Crippen LogP contribution in [0.25, 0.3) is 10.2 Å². The van der Waals surface area contributed by atoms with E-state index >= 15 is 0 Å². The van der Waals surface area contributed by atoms with E-state index in [4.69, 9.17) is 9.47 Å². The van der Waals surface area contributed by atoms with Crippen molar-refractivity contribution in [2.45, 2.75) is 46.8 Å². The number of aromatic nitrogens is 1. The molecule has 0 aliphatic rings. The number of carbonyl (C=O) groups is 1. The highest BCUT2D eigenvalue weighted by Crippen LogP contribution is 2.30. The largest absolute Gasteiger partial charge is 0.493 e. The Bertz CT molecular complexity index is 704. The van der Waals surface area contributed by atoms with Crippen molar-refractivity contribution in [1.29, 1.82) is 0 Å². The highest BCUT2D eigenvalue weighted by atomic mass is 32.1. The van der Waals surface area contributed by atoms with Crippen LogP contribution in [0.15, 0.2) is 12.1 Å². The lowest BCUT2D eigenvalue weighted by atomic mass is 10.1. The molecular formula is C17H24N2O3S. The zero-order chi connectivity index (χ0) is 17.2. The molecule has 0 fully saturated rings. The quantitative estimate of drug-likeness (QED) is 0.832. The van der Waals surface area contributed by atoms with Crippen molar-refractivity contribution in [3.8, 4) is 5.75 Å². The van der Waals surface area contributed by atoms with Crippen molar-refractivity contribution >= 4 is 27.6 Å². The molecule has 0 bridgehead atoms. The molecule has 0 aliphatic heterocycles. The fraction of sp³-hybridized carbons (Fsp3) is 0.529. The average molecular weight is 336 g/mol. The third-order valence-corrected chi connectivity index (χ3v) is 4.02. The van der Waals surface area contributed by atoms with Crippen molar-refractivity contribution in [3.05, 3.63) is 22.7 Å². The molecule has 0 saturated heterocycles. The molecule has 0 radical (unpaired) electrons. The minimum Gasteiger partial charge on any atom is -0.493 e. The molecule has 1 heterocycles. The third-order valence-electron chi connectivity index (χ3n) is 3.09. The van der Waals surface area contributed by atoms with E-state index in [0.717, 1.165) is 26.5 Å². The van der Waals surface area contributed by atoms with Crippen LogP contribution in [-0.4, -0.2) is 35.2 Å². The molecule has 0 saturated carbocycles. The Kier molecular flexibility index (Phi) is 5.14. The predicted molar refractivity (Wildman–Crippen MR) is 93.2 cm³/mol. The van der Waals surface area contributed by atoms with Gasteiger partial charge in [-0.05, 0) is 40.7 Å². The van der Waals surface area contributed by atoms with Crippen molar-refractivity contribution in [1.82, 2.24) is 9.88 Å². The Morgan fingerprint density at radius 2 is 2.04 bits per heavy atom. The topological polar surface area (TPSA) is 51.7 Å². The lowest BCUT2D eigenvalue weighted by molar-refractivity contribution is 0.0284. The molecule has 0 aliphatic carbocycles. The van der Waals surface area contributed by atoms with Crippen LogP contribution in [-0.2, 0) is 11.3 Å². The van der Waals surface area contributed by atoms with Crippen molar-refractivity contribution in [3.63, 3.8) is 0 Å². The maximum atomic E-state index is 12.2. The third kappa shape index (κ3) is 4.58. The monoisotopic (exact) mass is 336 g/mol. The van der Waals surface area contributed by atoms with E-state index in [9.17, 15) is 4.79 Å². The number of hydrogen-bond acceptors (Lipinski definition) is 5. The number of amides is 1. The van der Waals surface area contributed by atoms with Gasteiger partial charge in [0.2, 0.25) is 0 Å². The summed E-state index contributed by atoms with van der Waals surface area (Å²) in [5.74, 6) is 0.765. The molecular weight excluding hydrogens is 312 g/mol. The minimum absolute atomic E-state index is 0.347. The van der Waals surface area contributed by atoms with E-state index in [-0.39, 0.29) is 6.09 Å². The lowest BCUT2D eigenvalue weighted by Crippen LogP contribution is -2.33. The summed E-state index contributed by atoms with van der Waals surface area (Å²) in [6, 6.07) is 3.99. The van der Waals surface area contributed by atoms with Crippen molar-refractivity contribution < 1.29 is 14.3 Å². The minimum atomic E-state index is -0.507. The molecule has 23 heavy (non-hydrogen) atoms. The van der Waals surface area contributed by atoms with Gasteiger partial charge >= 0.3 is 6.09 Å². The molecule has 6 heteroatoms. The van der Waals surface area contributed by atoms with Gasteiger partial charge in [0.25, 0.3) is 0 Å². The molecule has 0 N–H and O–H groups in total. The van der Waals surface area contributed by atoms with Crippen LogP contribution in [0, 0.1) is 6.92 Å². The van der Waals surface area contributed by atoms with Gasteiger partial charge in [-0.1, -0.05) is 0 Å². The fourth-order valence-electron chi connectivity index (χ4n) is 2.19. The van der Waals surface area contributed by atoms with E-state index in [2.05, 4.69) is 4.98 Å². The molecule has 1 aromatic carbocycles. The number of benzene rings is 1. The molecule has 1 aromatic heterocycles. The van der Waals surface area contributed by atoms with Gasteiger partial charge in [-0.25, -0.2) is 9.78 Å². The first-order valence-corrected chi connectivity index (χ1v) is 8.48. The Morgan fingerprint density at radius 3 is 2.65 bits per heavy atom. The first-order chi connectivity index (χ1) is 10.7. The van der Waals surface area contributed by atoms with E-state index < -0.39 is 5.60 Å². The number of ether oxygens (including phenoxy) is 2. The van der Waals surface area contributed by atoms with Crippen LogP contribution < -0.4 is 4.74 Å². The van der Waals surface area contributed by atoms with Gasteiger partial charge in [-0.3, -0.25) is 0 Å². The maximum Gasteiger partial charge on any atom is 0.410 e. The van der Waals surface area contributed by atoms with Gasteiger partial charge in [0.05, 0.1) is 28.4 Å². The molecule has 2 rings (SSSR count). The van der Waals surface area contributed by atoms with Crippen LogP contribution in [0.1, 0.15) is 38.3 Å². The lowest BCUT2D eigenvalue weighted by Gasteiger charge is -2.25. The standard InChI is InChI=1S/C17H24N2O3S/c1-7-21-14-9-13-15(23-11(2)18-13)8-12(14)10-19(6)16(20)22-17(3,4)5/h8-9H,7,10H2,1-6H3. The summed E-state index contributed by atoms with van der Waals surface area (Å²) in [6.45, 7) is 10.5. The Labute approximate surface area is 141 Å². The second-order valence-electron chi connectivity index (χ2n) is 6.43. The van der Waals surface area contributed by atoms with E-state index in [0.29, 0.717) is 13.2 Å². The molecule has 1 amide bonds. The summed E-state index contributed by atoms with van der Waals surface area (Å²) in [7, 11) is 1.73. The summed E-state index contributed by atoms with van der Waals surface area (Å²) in [4.78, 5) is 18.2. The predicted octanol–water partition coefficient (Wildman–Crippen LogP) is 4.37. The van der Waals surface area contributed by atoms with E-state index in [1.165, 1.54) is 0 Å². The summed E-state index contributed by atoms with van der Waals surface area (Å²) < 4.78 is 12.2. The molecule has 2 aromatic rings. The summed E-state index contributed by atoms with van der Waals surface area (Å²) in [6.07, 6.45) is -0.347. The van der Waals surface area contributed by atoms with Crippen LogP contribution in [0.2, 0.25) is 0 Å². The summed E-state index contributed by atoms with van der Waals surface area (Å²) in [5, 5.41) is 1.01. The number of hydrogen-bond donors (Lipinski definition) is 0. The second kappa shape index (κ2) is 6.74. The van der Waals surface area contributed by atoms with Gasteiger partial charge in [-0.2, -0.15) is 0 Å².